The van der Waals surface area contributed by atoms with Gasteiger partial charge in [0.1, 0.15) is 11.5 Å². The second-order valence-corrected chi connectivity index (χ2v) is 7.01. The van der Waals surface area contributed by atoms with Gasteiger partial charge in [-0.3, -0.25) is 4.79 Å². The fraction of sp³-hybridized carbons (Fsp3) is 0.381. The zero-order valence-electron chi connectivity index (χ0n) is 16.5. The van der Waals surface area contributed by atoms with Crippen LogP contribution < -0.4 is 5.56 Å². The molecule has 0 amide bonds. The lowest BCUT2D eigenvalue weighted by atomic mass is 9.98. The van der Waals surface area contributed by atoms with Crippen LogP contribution in [-0.2, 0) is 28.6 Å². The summed E-state index contributed by atoms with van der Waals surface area (Å²) in [5, 5.41) is 14.5. The third kappa shape index (κ3) is 3.39. The van der Waals surface area contributed by atoms with Gasteiger partial charge in [-0.05, 0) is 27.7 Å². The van der Waals surface area contributed by atoms with Crippen molar-refractivity contribution in [3.8, 4) is 11.8 Å². The van der Waals surface area contributed by atoms with E-state index >= 15 is 0 Å². The first kappa shape index (κ1) is 19.6. The number of rotatable bonds is 3. The van der Waals surface area contributed by atoms with Gasteiger partial charge in [-0.2, -0.15) is 0 Å². The van der Waals surface area contributed by atoms with E-state index in [-0.39, 0.29) is 17.9 Å². The van der Waals surface area contributed by atoms with Gasteiger partial charge in [0.05, 0.1) is 12.2 Å². The summed E-state index contributed by atoms with van der Waals surface area (Å²) >= 11 is 0. The Morgan fingerprint density at radius 1 is 1.46 bits per heavy atom. The van der Waals surface area contributed by atoms with Gasteiger partial charge in [-0.15, -0.1) is 0 Å². The molecule has 3 rings (SSSR count). The van der Waals surface area contributed by atoms with Crippen LogP contribution >= 0.6 is 0 Å². The van der Waals surface area contributed by atoms with Gasteiger partial charge in [-0.1, -0.05) is 22.6 Å². The third-order valence-corrected chi connectivity index (χ3v) is 4.64. The lowest BCUT2D eigenvalue weighted by Gasteiger charge is -2.13. The van der Waals surface area contributed by atoms with E-state index in [1.54, 1.807) is 40.1 Å². The molecule has 0 bridgehead atoms. The van der Waals surface area contributed by atoms with Crippen molar-refractivity contribution in [2.75, 3.05) is 6.61 Å². The second kappa shape index (κ2) is 7.13. The Bertz CT molecular complexity index is 1110. The lowest BCUT2D eigenvalue weighted by Crippen LogP contribution is -2.23. The summed E-state index contributed by atoms with van der Waals surface area (Å²) < 4.78 is 11.6. The highest BCUT2D eigenvalue weighted by Gasteiger charge is 2.31. The fourth-order valence-corrected chi connectivity index (χ4v) is 3.24. The van der Waals surface area contributed by atoms with Gasteiger partial charge >= 0.3 is 5.97 Å². The number of hydrogen-bond acceptors (Lipinski definition) is 6. The molecule has 146 valence electrons. The summed E-state index contributed by atoms with van der Waals surface area (Å²) in [6, 6.07) is 1.61. The van der Waals surface area contributed by atoms with Crippen molar-refractivity contribution in [1.82, 2.24) is 9.72 Å². The summed E-state index contributed by atoms with van der Waals surface area (Å²) in [7, 11) is 1.63. The predicted octanol–water partition coefficient (Wildman–Crippen LogP) is 1.83. The summed E-state index contributed by atoms with van der Waals surface area (Å²) in [4.78, 5) is 25.1. The molecule has 28 heavy (non-hydrogen) atoms. The van der Waals surface area contributed by atoms with Crippen LogP contribution in [0.1, 0.15) is 48.9 Å². The molecule has 0 aromatic carbocycles. The van der Waals surface area contributed by atoms with E-state index in [0.29, 0.717) is 34.4 Å². The Labute approximate surface area is 162 Å². The van der Waals surface area contributed by atoms with Crippen LogP contribution in [0.4, 0.5) is 0 Å². The molecule has 0 unspecified atom stereocenters. The minimum absolute atomic E-state index is 0.182. The number of hydrogen-bond donors (Lipinski definition) is 1. The standard InChI is InChI=1S/C21H22N2O5/c1-6-27-20(25)17-12(2)9-15-18(17)14(11-23(5)19(15)24)7-8-21(4,26)16-10-13(3)28-22-16/h10-11,26H,6,9H2,1-5H3/t21-/m0/s1. The van der Waals surface area contributed by atoms with E-state index in [1.165, 1.54) is 11.5 Å². The van der Waals surface area contributed by atoms with Gasteiger partial charge < -0.3 is 18.9 Å². The Hall–Kier alpha value is -3.11. The number of pyridine rings is 1. The summed E-state index contributed by atoms with van der Waals surface area (Å²) in [5.41, 5.74) is 1.15. The Balaban J connectivity index is 2.15. The van der Waals surface area contributed by atoms with Crippen LogP contribution in [-0.4, -0.2) is 27.4 Å². The molecular weight excluding hydrogens is 360 g/mol. The average Bonchev–Trinajstić information content (AvgIpc) is 3.21. The number of esters is 1. The Morgan fingerprint density at radius 2 is 2.18 bits per heavy atom. The van der Waals surface area contributed by atoms with Gasteiger partial charge in [0, 0.05) is 42.4 Å². The molecule has 0 radical (unpaired) electrons. The molecule has 1 aliphatic rings. The molecule has 7 heteroatoms. The van der Waals surface area contributed by atoms with Crippen LogP contribution in [0.2, 0.25) is 0 Å². The molecular formula is C21H22N2O5. The van der Waals surface area contributed by atoms with Crippen LogP contribution in [0.5, 0.6) is 0 Å². The van der Waals surface area contributed by atoms with E-state index in [2.05, 4.69) is 17.0 Å². The highest BCUT2D eigenvalue weighted by molar-refractivity contribution is 6.19. The van der Waals surface area contributed by atoms with E-state index in [9.17, 15) is 14.7 Å². The molecule has 0 fully saturated rings. The zero-order valence-corrected chi connectivity index (χ0v) is 16.5. The number of carbonyl (C=O) groups is 1. The smallest absolute Gasteiger partial charge is 0.338 e. The van der Waals surface area contributed by atoms with Crippen LogP contribution in [0.25, 0.3) is 5.57 Å². The van der Waals surface area contributed by atoms with E-state index < -0.39 is 11.6 Å². The molecule has 2 heterocycles. The second-order valence-electron chi connectivity index (χ2n) is 7.01. The monoisotopic (exact) mass is 382 g/mol. The van der Waals surface area contributed by atoms with Gasteiger partial charge in [0.25, 0.3) is 5.56 Å². The van der Waals surface area contributed by atoms with Crippen molar-refractivity contribution in [3.63, 3.8) is 0 Å². The maximum absolute atomic E-state index is 12.6. The average molecular weight is 382 g/mol. The molecule has 0 spiro atoms. The number of aromatic nitrogens is 2. The minimum Gasteiger partial charge on any atom is -0.462 e. The topological polar surface area (TPSA) is 94.6 Å². The van der Waals surface area contributed by atoms with Crippen molar-refractivity contribution in [1.29, 1.82) is 0 Å². The number of carbonyl (C=O) groups excluding carboxylic acids is 1. The minimum atomic E-state index is -1.55. The summed E-state index contributed by atoms with van der Waals surface area (Å²) in [6.45, 7) is 6.99. The maximum atomic E-state index is 12.6. The number of fused-ring (bicyclic) bond motifs is 1. The molecule has 2 aromatic rings. The zero-order chi connectivity index (χ0) is 20.6. The molecule has 2 aromatic heterocycles. The van der Waals surface area contributed by atoms with Crippen LogP contribution in [0.15, 0.2) is 27.2 Å². The molecule has 1 N–H and O–H groups in total. The lowest BCUT2D eigenvalue weighted by molar-refractivity contribution is -0.136. The van der Waals surface area contributed by atoms with Gasteiger partial charge in [0.15, 0.2) is 5.60 Å². The van der Waals surface area contributed by atoms with E-state index in [1.807, 2.05) is 0 Å². The fourth-order valence-electron chi connectivity index (χ4n) is 3.24. The highest BCUT2D eigenvalue weighted by atomic mass is 16.5. The van der Waals surface area contributed by atoms with Crippen molar-refractivity contribution in [2.45, 2.75) is 39.7 Å². The normalized spacial score (nSPS) is 14.9. The largest absolute Gasteiger partial charge is 0.462 e. The van der Waals surface area contributed by atoms with Crippen molar-refractivity contribution < 1.29 is 19.2 Å². The number of aryl methyl sites for hydroxylation is 2. The Morgan fingerprint density at radius 3 is 2.79 bits per heavy atom. The van der Waals surface area contributed by atoms with Crippen molar-refractivity contribution in [3.05, 3.63) is 56.3 Å². The van der Waals surface area contributed by atoms with E-state index in [4.69, 9.17) is 9.26 Å². The number of ether oxygens (including phenoxy) is 1. The molecule has 7 nitrogen and oxygen atoms in total. The van der Waals surface area contributed by atoms with Gasteiger partial charge in [-0.25, -0.2) is 4.79 Å². The highest BCUT2D eigenvalue weighted by Crippen LogP contribution is 2.34. The van der Waals surface area contributed by atoms with E-state index in [0.717, 1.165) is 5.57 Å². The molecule has 1 aliphatic carbocycles. The molecule has 0 aliphatic heterocycles. The van der Waals surface area contributed by atoms with Crippen molar-refractivity contribution >= 4 is 11.5 Å². The van der Waals surface area contributed by atoms with Crippen molar-refractivity contribution in [2.24, 2.45) is 7.05 Å². The first-order chi connectivity index (χ1) is 13.2. The predicted molar refractivity (Wildman–Crippen MR) is 102 cm³/mol. The molecule has 0 saturated heterocycles. The third-order valence-electron chi connectivity index (χ3n) is 4.64. The molecule has 1 atom stereocenters. The maximum Gasteiger partial charge on any atom is 0.338 e. The van der Waals surface area contributed by atoms with Crippen LogP contribution in [0.3, 0.4) is 0 Å². The SMILES string of the molecule is CCOC(=O)C1=C(C)Cc2c1c(C#C[C@](C)(O)c1cc(C)on1)cn(C)c2=O. The number of nitrogens with zero attached hydrogens (tertiary/aromatic N) is 2. The Kier molecular flexibility index (Phi) is 5.01. The summed E-state index contributed by atoms with van der Waals surface area (Å²) in [5.74, 6) is 5.79. The summed E-state index contributed by atoms with van der Waals surface area (Å²) in [6.07, 6.45) is 1.93. The molecule has 0 saturated carbocycles. The van der Waals surface area contributed by atoms with Gasteiger partial charge in [0.2, 0.25) is 0 Å². The van der Waals surface area contributed by atoms with Crippen LogP contribution in [0, 0.1) is 18.8 Å². The number of aliphatic hydroxyl groups is 1. The number of allylic oxidation sites excluding steroid dienone is 1. The first-order valence-corrected chi connectivity index (χ1v) is 8.94. The first-order valence-electron chi connectivity index (χ1n) is 8.94. The quantitative estimate of drug-likeness (QED) is 0.643.